The van der Waals surface area contributed by atoms with Crippen LogP contribution in [-0.4, -0.2) is 35.0 Å². The third-order valence-electron chi connectivity index (χ3n) is 4.65. The molecule has 0 aliphatic carbocycles. The predicted octanol–water partition coefficient (Wildman–Crippen LogP) is 2.76. The Bertz CT molecular complexity index is 494. The van der Waals surface area contributed by atoms with Gasteiger partial charge in [-0.2, -0.15) is 0 Å². The van der Waals surface area contributed by atoms with Gasteiger partial charge in [0.2, 0.25) is 5.91 Å². The molecule has 1 unspecified atom stereocenters. The van der Waals surface area contributed by atoms with Crippen LogP contribution in [0, 0.1) is 11.8 Å². The molecule has 4 nitrogen and oxygen atoms in total. The normalized spacial score (nSPS) is 18.4. The number of benzene rings is 1. The Kier molecular flexibility index (Phi) is 5.83. The average molecular weight is 304 g/mol. The van der Waals surface area contributed by atoms with Gasteiger partial charge in [0, 0.05) is 18.5 Å². The van der Waals surface area contributed by atoms with Crippen LogP contribution in [0.3, 0.4) is 0 Å². The maximum Gasteiger partial charge on any atom is 0.223 e. The van der Waals surface area contributed by atoms with Gasteiger partial charge in [-0.1, -0.05) is 26.0 Å². The first-order chi connectivity index (χ1) is 10.5. The fourth-order valence-electron chi connectivity index (χ4n) is 2.78. The molecule has 1 aliphatic rings. The third-order valence-corrected chi connectivity index (χ3v) is 4.65. The van der Waals surface area contributed by atoms with E-state index in [4.69, 9.17) is 0 Å². The second-order valence-electron chi connectivity index (χ2n) is 6.76. The highest BCUT2D eigenvalue weighted by Gasteiger charge is 2.26. The smallest absolute Gasteiger partial charge is 0.223 e. The summed E-state index contributed by atoms with van der Waals surface area (Å²) in [5.74, 6) is 1.13. The van der Waals surface area contributed by atoms with Gasteiger partial charge >= 0.3 is 0 Å². The molecule has 4 heteroatoms. The summed E-state index contributed by atoms with van der Waals surface area (Å²) in [6.07, 6.45) is 1.82. The van der Waals surface area contributed by atoms with Crippen molar-refractivity contribution in [3.05, 3.63) is 29.8 Å². The Morgan fingerprint density at radius 3 is 2.59 bits per heavy atom. The summed E-state index contributed by atoms with van der Waals surface area (Å²) in [6, 6.07) is 7.64. The first kappa shape index (κ1) is 16.8. The minimum absolute atomic E-state index is 0.140. The highest BCUT2D eigenvalue weighted by molar-refractivity contribution is 5.79. The summed E-state index contributed by atoms with van der Waals surface area (Å²) in [5.41, 5.74) is 1.12. The molecule has 1 fully saturated rings. The van der Waals surface area contributed by atoms with Gasteiger partial charge in [0.25, 0.3) is 0 Å². The van der Waals surface area contributed by atoms with E-state index in [1.54, 1.807) is 6.07 Å². The highest BCUT2D eigenvalue weighted by Crippen LogP contribution is 2.21. The summed E-state index contributed by atoms with van der Waals surface area (Å²) in [5, 5.41) is 12.6. The lowest BCUT2D eigenvalue weighted by Gasteiger charge is -2.32. The van der Waals surface area contributed by atoms with Crippen LogP contribution >= 0.6 is 0 Å². The molecule has 22 heavy (non-hydrogen) atoms. The number of amides is 1. The molecule has 0 radical (unpaired) electrons. The maximum absolute atomic E-state index is 12.3. The van der Waals surface area contributed by atoms with Crippen LogP contribution in [0.5, 0.6) is 5.75 Å². The molecule has 1 atom stereocenters. The molecule has 0 bridgehead atoms. The largest absolute Gasteiger partial charge is 0.508 e. The highest BCUT2D eigenvalue weighted by atomic mass is 16.3. The van der Waals surface area contributed by atoms with Crippen molar-refractivity contribution in [3.8, 4) is 5.75 Å². The number of hydrogen-bond acceptors (Lipinski definition) is 3. The van der Waals surface area contributed by atoms with Crippen molar-refractivity contribution in [2.45, 2.75) is 46.2 Å². The van der Waals surface area contributed by atoms with E-state index in [2.05, 4.69) is 31.0 Å². The van der Waals surface area contributed by atoms with Crippen LogP contribution in [0.2, 0.25) is 0 Å². The van der Waals surface area contributed by atoms with E-state index in [0.29, 0.717) is 11.7 Å². The van der Waals surface area contributed by atoms with Gasteiger partial charge in [-0.25, -0.2) is 0 Å². The van der Waals surface area contributed by atoms with Crippen LogP contribution in [0.4, 0.5) is 0 Å². The summed E-state index contributed by atoms with van der Waals surface area (Å²) in [6.45, 7) is 9.03. The molecule has 1 aromatic rings. The molecule has 0 spiro atoms. The molecule has 1 amide bonds. The number of hydrogen-bond donors (Lipinski definition) is 2. The van der Waals surface area contributed by atoms with E-state index in [9.17, 15) is 9.90 Å². The van der Waals surface area contributed by atoms with Crippen molar-refractivity contribution in [3.63, 3.8) is 0 Å². The Morgan fingerprint density at radius 2 is 2.00 bits per heavy atom. The molecular weight excluding hydrogens is 276 g/mol. The SMILES string of the molecule is CC(C)C(C)NC(=O)C1CCN(Cc2cccc(O)c2)CC1. The molecule has 122 valence electrons. The molecule has 1 aliphatic heterocycles. The summed E-state index contributed by atoms with van der Waals surface area (Å²) >= 11 is 0. The van der Waals surface area contributed by atoms with Crippen LogP contribution in [0.15, 0.2) is 24.3 Å². The molecule has 1 aromatic carbocycles. The number of nitrogens with one attached hydrogen (secondary N) is 1. The minimum Gasteiger partial charge on any atom is -0.508 e. The number of phenolic OH excluding ortho intramolecular Hbond substituents is 1. The fourth-order valence-corrected chi connectivity index (χ4v) is 2.78. The van der Waals surface area contributed by atoms with E-state index in [-0.39, 0.29) is 17.9 Å². The van der Waals surface area contributed by atoms with Crippen molar-refractivity contribution in [2.24, 2.45) is 11.8 Å². The molecule has 0 saturated carbocycles. The zero-order valence-corrected chi connectivity index (χ0v) is 13.9. The lowest BCUT2D eigenvalue weighted by Crippen LogP contribution is -2.44. The van der Waals surface area contributed by atoms with Crippen molar-refractivity contribution in [1.29, 1.82) is 0 Å². The number of carbonyl (C=O) groups excluding carboxylic acids is 1. The van der Waals surface area contributed by atoms with Gasteiger partial charge < -0.3 is 10.4 Å². The number of piperidine rings is 1. The van der Waals surface area contributed by atoms with Gasteiger partial charge in [-0.15, -0.1) is 0 Å². The van der Waals surface area contributed by atoms with Gasteiger partial charge in [-0.05, 0) is 56.5 Å². The molecule has 2 N–H and O–H groups in total. The van der Waals surface area contributed by atoms with Gasteiger partial charge in [-0.3, -0.25) is 9.69 Å². The number of aromatic hydroxyl groups is 1. The molecule has 2 rings (SSSR count). The number of likely N-dealkylation sites (tertiary alicyclic amines) is 1. The zero-order chi connectivity index (χ0) is 16.1. The number of carbonyl (C=O) groups is 1. The van der Waals surface area contributed by atoms with Crippen LogP contribution in [-0.2, 0) is 11.3 Å². The monoisotopic (exact) mass is 304 g/mol. The summed E-state index contributed by atoms with van der Waals surface area (Å²) < 4.78 is 0. The molecule has 1 saturated heterocycles. The Balaban J connectivity index is 1.79. The topological polar surface area (TPSA) is 52.6 Å². The van der Waals surface area contributed by atoms with Crippen molar-refractivity contribution in [2.75, 3.05) is 13.1 Å². The Hall–Kier alpha value is -1.55. The zero-order valence-electron chi connectivity index (χ0n) is 13.9. The lowest BCUT2D eigenvalue weighted by molar-refractivity contribution is -0.127. The molecular formula is C18H28N2O2. The lowest BCUT2D eigenvalue weighted by atomic mass is 9.94. The minimum atomic E-state index is 0.140. The average Bonchev–Trinajstić information content (AvgIpc) is 2.47. The number of phenols is 1. The predicted molar refractivity (Wildman–Crippen MR) is 88.6 cm³/mol. The molecule has 1 heterocycles. The van der Waals surface area contributed by atoms with E-state index in [1.165, 1.54) is 0 Å². The van der Waals surface area contributed by atoms with E-state index < -0.39 is 0 Å². The first-order valence-corrected chi connectivity index (χ1v) is 8.26. The fraction of sp³-hybridized carbons (Fsp3) is 0.611. The second kappa shape index (κ2) is 7.63. The van der Waals surface area contributed by atoms with Crippen molar-refractivity contribution >= 4 is 5.91 Å². The van der Waals surface area contributed by atoms with Crippen molar-refractivity contribution < 1.29 is 9.90 Å². The van der Waals surface area contributed by atoms with E-state index in [1.807, 2.05) is 18.2 Å². The van der Waals surface area contributed by atoms with Crippen molar-refractivity contribution in [1.82, 2.24) is 10.2 Å². The Morgan fingerprint density at radius 1 is 1.32 bits per heavy atom. The van der Waals surface area contributed by atoms with E-state index in [0.717, 1.165) is 38.0 Å². The van der Waals surface area contributed by atoms with Crippen LogP contribution < -0.4 is 5.32 Å². The summed E-state index contributed by atoms with van der Waals surface area (Å²) in [4.78, 5) is 14.6. The second-order valence-corrected chi connectivity index (χ2v) is 6.76. The standard InChI is InChI=1S/C18H28N2O2/c1-13(2)14(3)19-18(22)16-7-9-20(10-8-16)12-15-5-4-6-17(21)11-15/h4-6,11,13-14,16,21H,7-10,12H2,1-3H3,(H,19,22). The number of rotatable bonds is 5. The maximum atomic E-state index is 12.3. The quantitative estimate of drug-likeness (QED) is 0.879. The van der Waals surface area contributed by atoms with E-state index >= 15 is 0 Å². The summed E-state index contributed by atoms with van der Waals surface area (Å²) in [7, 11) is 0. The third kappa shape index (κ3) is 4.73. The Labute approximate surface area is 133 Å². The van der Waals surface area contributed by atoms with Crippen LogP contribution in [0.1, 0.15) is 39.2 Å². The van der Waals surface area contributed by atoms with Crippen LogP contribution in [0.25, 0.3) is 0 Å². The van der Waals surface area contributed by atoms with Gasteiger partial charge in [0.05, 0.1) is 0 Å². The number of nitrogens with zero attached hydrogens (tertiary/aromatic N) is 1. The van der Waals surface area contributed by atoms with Gasteiger partial charge in [0.1, 0.15) is 5.75 Å². The first-order valence-electron chi connectivity index (χ1n) is 8.26. The molecule has 0 aromatic heterocycles. The van der Waals surface area contributed by atoms with Gasteiger partial charge in [0.15, 0.2) is 0 Å².